The summed E-state index contributed by atoms with van der Waals surface area (Å²) in [6, 6.07) is 6.41. The molecule has 1 aromatic heterocycles. The SMILES string of the molecule is CCOC(=O)N1CCN(C(=O)Cc2csc(Nc3ccc(S(C)(=O)=O)cc3)n2)CC1. The number of sulfone groups is 1. The first-order valence-electron chi connectivity index (χ1n) is 9.47. The third kappa shape index (κ3) is 5.70. The van der Waals surface area contributed by atoms with Crippen molar-refractivity contribution < 1.29 is 22.7 Å². The van der Waals surface area contributed by atoms with E-state index in [1.54, 1.807) is 28.9 Å². The first kappa shape index (κ1) is 22.0. The molecule has 0 radical (unpaired) electrons. The number of hydrogen-bond acceptors (Lipinski definition) is 8. The minimum absolute atomic E-state index is 0.0344. The van der Waals surface area contributed by atoms with E-state index in [1.807, 2.05) is 5.38 Å². The van der Waals surface area contributed by atoms with Crippen LogP contribution in [0.4, 0.5) is 15.6 Å². The predicted octanol–water partition coefficient (Wildman–Crippen LogP) is 2.13. The van der Waals surface area contributed by atoms with Crippen molar-refractivity contribution in [3.8, 4) is 0 Å². The number of carbonyl (C=O) groups excluding carboxylic acids is 2. The van der Waals surface area contributed by atoms with E-state index in [0.717, 1.165) is 6.26 Å². The van der Waals surface area contributed by atoms with E-state index in [2.05, 4.69) is 10.3 Å². The fourth-order valence-electron chi connectivity index (χ4n) is 2.97. The summed E-state index contributed by atoms with van der Waals surface area (Å²) >= 11 is 1.37. The summed E-state index contributed by atoms with van der Waals surface area (Å²) < 4.78 is 28.0. The van der Waals surface area contributed by atoms with E-state index < -0.39 is 9.84 Å². The fraction of sp³-hybridized carbons (Fsp3) is 0.421. The molecule has 11 heteroatoms. The average molecular weight is 453 g/mol. The normalized spacial score (nSPS) is 14.5. The number of aromatic nitrogens is 1. The van der Waals surface area contributed by atoms with Gasteiger partial charge in [0.25, 0.3) is 0 Å². The molecular formula is C19H24N4O5S2. The lowest BCUT2D eigenvalue weighted by Gasteiger charge is -2.34. The van der Waals surface area contributed by atoms with Crippen LogP contribution in [-0.2, 0) is 25.8 Å². The molecule has 0 unspecified atom stereocenters. The van der Waals surface area contributed by atoms with Gasteiger partial charge in [-0.15, -0.1) is 11.3 Å². The highest BCUT2D eigenvalue weighted by molar-refractivity contribution is 7.90. The summed E-state index contributed by atoms with van der Waals surface area (Å²) in [6.07, 6.45) is 1.00. The van der Waals surface area contributed by atoms with Crippen LogP contribution in [0.1, 0.15) is 12.6 Å². The maximum atomic E-state index is 12.5. The number of hydrogen-bond donors (Lipinski definition) is 1. The van der Waals surface area contributed by atoms with Gasteiger partial charge >= 0.3 is 6.09 Å². The van der Waals surface area contributed by atoms with E-state index in [0.29, 0.717) is 49.3 Å². The molecule has 3 rings (SSSR count). The van der Waals surface area contributed by atoms with E-state index in [9.17, 15) is 18.0 Å². The van der Waals surface area contributed by atoms with E-state index in [1.165, 1.54) is 23.5 Å². The molecule has 2 amide bonds. The van der Waals surface area contributed by atoms with Crippen LogP contribution in [0.3, 0.4) is 0 Å². The van der Waals surface area contributed by atoms with Gasteiger partial charge in [0.15, 0.2) is 15.0 Å². The number of anilines is 2. The summed E-state index contributed by atoms with van der Waals surface area (Å²) in [6.45, 7) is 3.95. The Kier molecular flexibility index (Phi) is 6.93. The van der Waals surface area contributed by atoms with Crippen molar-refractivity contribution in [1.82, 2.24) is 14.8 Å². The number of benzene rings is 1. The molecule has 1 aliphatic heterocycles. The average Bonchev–Trinajstić information content (AvgIpc) is 3.14. The van der Waals surface area contributed by atoms with Gasteiger partial charge in [-0.25, -0.2) is 18.2 Å². The second-order valence-corrected chi connectivity index (χ2v) is 9.68. The third-order valence-electron chi connectivity index (χ3n) is 4.58. The second-order valence-electron chi connectivity index (χ2n) is 6.81. The van der Waals surface area contributed by atoms with Gasteiger partial charge in [0.2, 0.25) is 5.91 Å². The van der Waals surface area contributed by atoms with Gasteiger partial charge in [0, 0.05) is 43.5 Å². The minimum Gasteiger partial charge on any atom is -0.450 e. The van der Waals surface area contributed by atoms with Gasteiger partial charge in [0.1, 0.15) is 0 Å². The van der Waals surface area contributed by atoms with Gasteiger partial charge < -0.3 is 19.9 Å². The van der Waals surface area contributed by atoms with Crippen LogP contribution in [-0.4, -0.2) is 74.2 Å². The Morgan fingerprint density at radius 3 is 2.37 bits per heavy atom. The van der Waals surface area contributed by atoms with Gasteiger partial charge in [-0.05, 0) is 31.2 Å². The third-order valence-corrected chi connectivity index (χ3v) is 6.51. The Hall–Kier alpha value is -2.66. The summed E-state index contributed by atoms with van der Waals surface area (Å²) in [5, 5.41) is 5.56. The number of amides is 2. The maximum absolute atomic E-state index is 12.5. The highest BCUT2D eigenvalue weighted by Gasteiger charge is 2.25. The standard InChI is InChI=1S/C19H24N4O5S2/c1-3-28-19(25)23-10-8-22(9-11-23)17(24)12-15-13-29-18(21-15)20-14-4-6-16(7-5-14)30(2,26)27/h4-7,13H,3,8-12H2,1-2H3,(H,20,21). The summed E-state index contributed by atoms with van der Waals surface area (Å²) in [5.74, 6) is -0.0344. The molecule has 0 aliphatic carbocycles. The predicted molar refractivity (Wildman–Crippen MR) is 114 cm³/mol. The molecule has 2 aromatic rings. The molecule has 1 aliphatic rings. The molecule has 1 N–H and O–H groups in total. The van der Waals surface area contributed by atoms with Crippen molar-refractivity contribution in [2.75, 3.05) is 44.4 Å². The van der Waals surface area contributed by atoms with Gasteiger partial charge in [-0.1, -0.05) is 0 Å². The van der Waals surface area contributed by atoms with Crippen molar-refractivity contribution in [3.63, 3.8) is 0 Å². The Bertz CT molecular complexity index is 996. The lowest BCUT2D eigenvalue weighted by Crippen LogP contribution is -2.51. The zero-order valence-corrected chi connectivity index (χ0v) is 18.5. The Morgan fingerprint density at radius 2 is 1.77 bits per heavy atom. The zero-order valence-electron chi connectivity index (χ0n) is 16.8. The Balaban J connectivity index is 1.52. The Morgan fingerprint density at radius 1 is 1.13 bits per heavy atom. The molecule has 30 heavy (non-hydrogen) atoms. The minimum atomic E-state index is -3.24. The lowest BCUT2D eigenvalue weighted by atomic mass is 10.2. The van der Waals surface area contributed by atoms with Crippen LogP contribution in [0.15, 0.2) is 34.5 Å². The number of ether oxygens (including phenoxy) is 1. The van der Waals surface area contributed by atoms with Gasteiger partial charge in [-0.2, -0.15) is 0 Å². The summed E-state index contributed by atoms with van der Waals surface area (Å²) in [4.78, 5) is 32.3. The fourth-order valence-corrected chi connectivity index (χ4v) is 4.34. The monoisotopic (exact) mass is 452 g/mol. The first-order chi connectivity index (χ1) is 14.3. The molecule has 0 saturated carbocycles. The maximum Gasteiger partial charge on any atom is 0.409 e. The summed E-state index contributed by atoms with van der Waals surface area (Å²) in [7, 11) is -3.24. The van der Waals surface area contributed by atoms with Crippen molar-refractivity contribution >= 4 is 44.0 Å². The molecule has 1 fully saturated rings. The molecule has 2 heterocycles. The number of rotatable bonds is 6. The lowest BCUT2D eigenvalue weighted by molar-refractivity contribution is -0.132. The largest absolute Gasteiger partial charge is 0.450 e. The number of carbonyl (C=O) groups is 2. The number of nitrogens with one attached hydrogen (secondary N) is 1. The molecule has 9 nitrogen and oxygen atoms in total. The van der Waals surface area contributed by atoms with Crippen molar-refractivity contribution in [1.29, 1.82) is 0 Å². The molecule has 0 bridgehead atoms. The van der Waals surface area contributed by atoms with Gasteiger partial charge in [0.05, 0.1) is 23.6 Å². The molecule has 162 valence electrons. The van der Waals surface area contributed by atoms with Crippen molar-refractivity contribution in [2.45, 2.75) is 18.2 Å². The molecule has 1 saturated heterocycles. The number of piperazine rings is 1. The molecule has 1 aromatic carbocycles. The molecule has 0 spiro atoms. The van der Waals surface area contributed by atoms with E-state index in [4.69, 9.17) is 4.74 Å². The first-order valence-corrected chi connectivity index (χ1v) is 12.2. The van der Waals surface area contributed by atoms with Gasteiger partial charge in [-0.3, -0.25) is 4.79 Å². The summed E-state index contributed by atoms with van der Waals surface area (Å²) in [5.41, 5.74) is 1.37. The number of nitrogens with zero attached hydrogens (tertiary/aromatic N) is 3. The van der Waals surface area contributed by atoms with Crippen molar-refractivity contribution in [3.05, 3.63) is 35.3 Å². The quantitative estimate of drug-likeness (QED) is 0.715. The van der Waals surface area contributed by atoms with Crippen molar-refractivity contribution in [2.24, 2.45) is 0 Å². The Labute approximate surface area is 179 Å². The molecular weight excluding hydrogens is 428 g/mol. The van der Waals surface area contributed by atoms with E-state index in [-0.39, 0.29) is 23.3 Å². The highest BCUT2D eigenvalue weighted by atomic mass is 32.2. The molecule has 0 atom stereocenters. The number of thiazole rings is 1. The smallest absolute Gasteiger partial charge is 0.409 e. The second kappa shape index (κ2) is 9.43. The van der Waals surface area contributed by atoms with Crippen LogP contribution in [0.5, 0.6) is 0 Å². The zero-order chi connectivity index (χ0) is 21.7. The van der Waals surface area contributed by atoms with Crippen LogP contribution >= 0.6 is 11.3 Å². The van der Waals surface area contributed by atoms with E-state index >= 15 is 0 Å². The van der Waals surface area contributed by atoms with Crippen LogP contribution in [0, 0.1) is 0 Å². The highest BCUT2D eigenvalue weighted by Crippen LogP contribution is 2.23. The topological polar surface area (TPSA) is 109 Å². The van der Waals surface area contributed by atoms with Crippen LogP contribution in [0.2, 0.25) is 0 Å². The van der Waals surface area contributed by atoms with Crippen LogP contribution < -0.4 is 5.32 Å². The van der Waals surface area contributed by atoms with Crippen LogP contribution in [0.25, 0.3) is 0 Å².